The molecule has 3 rings (SSSR count). The van der Waals surface area contributed by atoms with Gasteiger partial charge in [0.2, 0.25) is 0 Å². The second kappa shape index (κ2) is 7.33. The van der Waals surface area contributed by atoms with Crippen LogP contribution in [-0.4, -0.2) is 38.9 Å². The minimum absolute atomic E-state index is 0.510. The normalized spacial score (nSPS) is 18.7. The predicted octanol–water partition coefficient (Wildman–Crippen LogP) is -0.0276. The number of benzene rings is 1. The summed E-state index contributed by atoms with van der Waals surface area (Å²) in [6.07, 6.45) is 10.0. The summed E-state index contributed by atoms with van der Waals surface area (Å²) in [5.74, 6) is 0. The van der Waals surface area contributed by atoms with E-state index in [0.717, 1.165) is 49.3 Å². The number of aliphatic imine (C=N–C) groups is 1. The molecule has 0 saturated carbocycles. The Hall–Kier alpha value is -2.27. The lowest BCUT2D eigenvalue weighted by Gasteiger charge is -2.25. The van der Waals surface area contributed by atoms with Crippen LogP contribution < -0.4 is 32.1 Å². The van der Waals surface area contributed by atoms with Crippen LogP contribution in [0.25, 0.3) is 17.8 Å². The molecule has 2 heterocycles. The molecule has 0 unspecified atom stereocenters. The second-order valence-corrected chi connectivity index (χ2v) is 5.96. The van der Waals surface area contributed by atoms with Crippen LogP contribution in [0.2, 0.25) is 0 Å². The lowest BCUT2D eigenvalue weighted by atomic mass is 10.0. The first-order chi connectivity index (χ1) is 11.3. The summed E-state index contributed by atoms with van der Waals surface area (Å²) in [5.41, 5.74) is 8.99. The maximum absolute atomic E-state index is 5.79. The number of rotatable bonds is 4. The maximum atomic E-state index is 5.79. The molecule has 2 aliphatic heterocycles. The predicted molar refractivity (Wildman–Crippen MR) is 98.7 cm³/mol. The van der Waals surface area contributed by atoms with E-state index < -0.39 is 0 Å². The Kier molecular flexibility index (Phi) is 4.98. The fraction of sp³-hybridized carbons (Fsp3) is 0.389. The Morgan fingerprint density at radius 1 is 1.35 bits per heavy atom. The van der Waals surface area contributed by atoms with E-state index in [0.29, 0.717) is 6.04 Å². The van der Waals surface area contributed by atoms with E-state index in [4.69, 9.17) is 5.73 Å². The van der Waals surface area contributed by atoms with E-state index >= 15 is 0 Å². The third kappa shape index (κ3) is 3.56. The standard InChI is InChI=1S/C18H25N5/c1-20-11-15(10-19)14-8-13-2-5-22-12-17(13)18(9-14)23-16-3-6-21-7-4-16/h2,8-12,16,21-23H,3-7,19H2,1H3. The van der Waals surface area contributed by atoms with Gasteiger partial charge in [-0.25, -0.2) is 0 Å². The van der Waals surface area contributed by atoms with Gasteiger partial charge in [-0.3, -0.25) is 4.99 Å². The highest BCUT2D eigenvalue weighted by Crippen LogP contribution is 2.15. The van der Waals surface area contributed by atoms with Crippen LogP contribution in [0.15, 0.2) is 23.3 Å². The van der Waals surface area contributed by atoms with Gasteiger partial charge in [0.1, 0.15) is 0 Å². The largest absolute Gasteiger partial charge is 0.404 e. The van der Waals surface area contributed by atoms with Crippen LogP contribution in [0, 0.1) is 0 Å². The van der Waals surface area contributed by atoms with E-state index in [-0.39, 0.29) is 0 Å². The molecule has 1 fully saturated rings. The number of piperidine rings is 1. The van der Waals surface area contributed by atoms with Crippen LogP contribution in [0.3, 0.4) is 0 Å². The molecule has 23 heavy (non-hydrogen) atoms. The smallest absolute Gasteiger partial charge is 0.0442 e. The van der Waals surface area contributed by atoms with Crippen molar-refractivity contribution in [2.45, 2.75) is 18.9 Å². The Bertz CT molecular complexity index is 727. The van der Waals surface area contributed by atoms with Gasteiger partial charge in [0.05, 0.1) is 0 Å². The number of fused-ring (bicyclic) bond motifs is 1. The van der Waals surface area contributed by atoms with Crippen LogP contribution >= 0.6 is 0 Å². The molecule has 1 saturated heterocycles. The molecule has 1 aromatic rings. The van der Waals surface area contributed by atoms with Crippen molar-refractivity contribution in [3.8, 4) is 0 Å². The summed E-state index contributed by atoms with van der Waals surface area (Å²) >= 11 is 0. The van der Waals surface area contributed by atoms with E-state index in [1.54, 1.807) is 19.5 Å². The molecule has 0 spiro atoms. The second-order valence-electron chi connectivity index (χ2n) is 5.96. The molecule has 1 aromatic carbocycles. The quantitative estimate of drug-likeness (QED) is 0.589. The van der Waals surface area contributed by atoms with Gasteiger partial charge in [-0.05, 0) is 48.8 Å². The number of nitrogens with zero attached hydrogens (tertiary/aromatic N) is 1. The van der Waals surface area contributed by atoms with Crippen molar-refractivity contribution in [3.63, 3.8) is 0 Å². The fourth-order valence-corrected chi connectivity index (χ4v) is 3.16. The molecule has 0 aliphatic carbocycles. The molecule has 0 amide bonds. The van der Waals surface area contributed by atoms with Crippen molar-refractivity contribution >= 4 is 29.8 Å². The van der Waals surface area contributed by atoms with Crippen molar-refractivity contribution in [2.75, 3.05) is 32.0 Å². The molecule has 5 N–H and O–H groups in total. The van der Waals surface area contributed by atoms with Gasteiger partial charge >= 0.3 is 0 Å². The van der Waals surface area contributed by atoms with Crippen LogP contribution in [-0.2, 0) is 0 Å². The summed E-state index contributed by atoms with van der Waals surface area (Å²) < 4.78 is 0. The zero-order valence-corrected chi connectivity index (χ0v) is 13.6. The Morgan fingerprint density at radius 3 is 2.91 bits per heavy atom. The summed E-state index contributed by atoms with van der Waals surface area (Å²) in [5, 5.41) is 12.9. The molecule has 0 aromatic heterocycles. The highest BCUT2D eigenvalue weighted by molar-refractivity contribution is 6.09. The van der Waals surface area contributed by atoms with Crippen LogP contribution in [0.1, 0.15) is 18.4 Å². The minimum Gasteiger partial charge on any atom is -0.404 e. The summed E-state index contributed by atoms with van der Waals surface area (Å²) in [6, 6.07) is 4.87. The maximum Gasteiger partial charge on any atom is 0.0442 e. The van der Waals surface area contributed by atoms with Gasteiger partial charge in [-0.1, -0.05) is 6.08 Å². The van der Waals surface area contributed by atoms with Gasteiger partial charge in [0.25, 0.3) is 0 Å². The molecule has 0 atom stereocenters. The molecule has 122 valence electrons. The number of hydrogen-bond donors (Lipinski definition) is 4. The van der Waals surface area contributed by atoms with Gasteiger partial charge in [0.15, 0.2) is 0 Å². The van der Waals surface area contributed by atoms with Crippen molar-refractivity contribution in [2.24, 2.45) is 10.7 Å². The number of nitrogens with one attached hydrogen (secondary N) is 3. The molecular formula is C18H25N5. The first-order valence-electron chi connectivity index (χ1n) is 8.21. The number of allylic oxidation sites excluding steroid dienone is 1. The third-order valence-corrected chi connectivity index (χ3v) is 4.38. The molecule has 5 nitrogen and oxygen atoms in total. The van der Waals surface area contributed by atoms with Crippen LogP contribution in [0.4, 0.5) is 5.69 Å². The van der Waals surface area contributed by atoms with Gasteiger partial charge in [-0.2, -0.15) is 0 Å². The van der Waals surface area contributed by atoms with Crippen molar-refractivity contribution < 1.29 is 0 Å². The Labute approximate surface area is 137 Å². The average molecular weight is 311 g/mol. The molecule has 5 heteroatoms. The zero-order chi connectivity index (χ0) is 16.1. The third-order valence-electron chi connectivity index (χ3n) is 4.38. The topological polar surface area (TPSA) is 74.5 Å². The number of nitrogens with two attached hydrogens (primary N) is 1. The summed E-state index contributed by atoms with van der Waals surface area (Å²) in [6.45, 7) is 3.00. The molecule has 0 bridgehead atoms. The highest BCUT2D eigenvalue weighted by Gasteiger charge is 2.14. The van der Waals surface area contributed by atoms with Crippen LogP contribution in [0.5, 0.6) is 0 Å². The van der Waals surface area contributed by atoms with Gasteiger partial charge in [0, 0.05) is 54.7 Å². The Morgan fingerprint density at radius 2 is 2.17 bits per heavy atom. The van der Waals surface area contributed by atoms with Crippen molar-refractivity contribution in [1.29, 1.82) is 0 Å². The first kappa shape index (κ1) is 15.6. The van der Waals surface area contributed by atoms with E-state index in [2.05, 4.69) is 45.4 Å². The minimum atomic E-state index is 0.510. The van der Waals surface area contributed by atoms with Gasteiger partial charge < -0.3 is 21.7 Å². The average Bonchev–Trinajstić information content (AvgIpc) is 2.60. The fourth-order valence-electron chi connectivity index (χ4n) is 3.16. The van der Waals surface area contributed by atoms with E-state index in [1.165, 1.54) is 10.4 Å². The van der Waals surface area contributed by atoms with Crippen molar-refractivity contribution in [3.05, 3.63) is 34.3 Å². The first-order valence-corrected chi connectivity index (χ1v) is 8.21. The molecular weight excluding hydrogens is 286 g/mol. The van der Waals surface area contributed by atoms with Gasteiger partial charge in [-0.15, -0.1) is 0 Å². The van der Waals surface area contributed by atoms with E-state index in [9.17, 15) is 0 Å². The molecule has 0 radical (unpaired) electrons. The number of anilines is 1. The lowest BCUT2D eigenvalue weighted by Crippen LogP contribution is -2.40. The summed E-state index contributed by atoms with van der Waals surface area (Å²) in [7, 11) is 1.76. The number of hydrogen-bond acceptors (Lipinski definition) is 5. The monoisotopic (exact) mass is 311 g/mol. The van der Waals surface area contributed by atoms with E-state index in [1.807, 2.05) is 0 Å². The Balaban J connectivity index is 2.03. The van der Waals surface area contributed by atoms with Crippen molar-refractivity contribution in [1.82, 2.24) is 10.6 Å². The molecule has 2 aliphatic rings. The SMILES string of the molecule is CN=CC(=CN)c1cc(NC2CCNCC2)c2c(c1)=CCNC=2. The highest BCUT2D eigenvalue weighted by atomic mass is 15.0. The zero-order valence-electron chi connectivity index (χ0n) is 13.6. The summed E-state index contributed by atoms with van der Waals surface area (Å²) in [4.78, 5) is 4.11. The lowest BCUT2D eigenvalue weighted by molar-refractivity contribution is 0.479.